The molecule has 0 unspecified atom stereocenters. The van der Waals surface area contributed by atoms with Gasteiger partial charge in [0.2, 0.25) is 0 Å². The minimum absolute atomic E-state index is 0.0140. The van der Waals surface area contributed by atoms with E-state index < -0.39 is 17.6 Å². The van der Waals surface area contributed by atoms with Crippen LogP contribution in [0.5, 0.6) is 0 Å². The third-order valence-electron chi connectivity index (χ3n) is 6.54. The van der Waals surface area contributed by atoms with E-state index in [0.717, 1.165) is 38.9 Å². The van der Waals surface area contributed by atoms with Crippen molar-refractivity contribution in [1.82, 2.24) is 10.2 Å². The predicted octanol–water partition coefficient (Wildman–Crippen LogP) is 3.41. The topological polar surface area (TPSA) is 64.7 Å². The third kappa shape index (κ3) is 4.93. The number of likely N-dealkylation sites (N-methyl/N-ethyl adjacent to an activating group) is 1. The number of carbonyl (C=O) groups is 2. The molecule has 170 valence electrons. The molecule has 1 atom stereocenters. The average molecular weight is 439 g/mol. The van der Waals surface area contributed by atoms with E-state index in [-0.39, 0.29) is 11.7 Å². The van der Waals surface area contributed by atoms with Crippen molar-refractivity contribution in [2.24, 2.45) is 0 Å². The molecular formula is C25H31FN4O2. The second-order valence-corrected chi connectivity index (χ2v) is 8.80. The van der Waals surface area contributed by atoms with E-state index in [1.165, 1.54) is 29.3 Å². The van der Waals surface area contributed by atoms with Crippen molar-refractivity contribution in [2.45, 2.75) is 38.6 Å². The van der Waals surface area contributed by atoms with Crippen LogP contribution in [0.4, 0.5) is 15.8 Å². The Morgan fingerprint density at radius 1 is 1.03 bits per heavy atom. The van der Waals surface area contributed by atoms with E-state index in [1.54, 1.807) is 19.1 Å². The van der Waals surface area contributed by atoms with Gasteiger partial charge in [0.1, 0.15) is 5.82 Å². The zero-order chi connectivity index (χ0) is 22.7. The van der Waals surface area contributed by atoms with Crippen molar-refractivity contribution in [3.63, 3.8) is 0 Å². The zero-order valence-corrected chi connectivity index (χ0v) is 18.8. The van der Waals surface area contributed by atoms with Gasteiger partial charge >= 0.3 is 11.8 Å². The Morgan fingerprint density at radius 3 is 2.56 bits per heavy atom. The van der Waals surface area contributed by atoms with Gasteiger partial charge < -0.3 is 15.5 Å². The number of anilines is 2. The molecule has 6 nitrogen and oxygen atoms in total. The molecule has 2 heterocycles. The summed E-state index contributed by atoms with van der Waals surface area (Å²) in [5.74, 6) is -1.93. The Hall–Kier alpha value is -2.93. The first kappa shape index (κ1) is 22.3. The van der Waals surface area contributed by atoms with E-state index >= 15 is 0 Å². The van der Waals surface area contributed by atoms with Crippen molar-refractivity contribution in [2.75, 3.05) is 43.4 Å². The monoisotopic (exact) mass is 438 g/mol. The van der Waals surface area contributed by atoms with Gasteiger partial charge in [-0.2, -0.15) is 0 Å². The first-order valence-corrected chi connectivity index (χ1v) is 11.4. The Bertz CT molecular complexity index is 1000. The van der Waals surface area contributed by atoms with Crippen LogP contribution in [0.15, 0.2) is 36.4 Å². The number of halogens is 1. The fraction of sp³-hybridized carbons (Fsp3) is 0.440. The van der Waals surface area contributed by atoms with Crippen molar-refractivity contribution < 1.29 is 14.0 Å². The summed E-state index contributed by atoms with van der Waals surface area (Å²) in [4.78, 5) is 29.5. The van der Waals surface area contributed by atoms with Crippen molar-refractivity contribution >= 4 is 23.2 Å². The first-order valence-electron chi connectivity index (χ1n) is 11.4. The summed E-state index contributed by atoms with van der Waals surface area (Å²) < 4.78 is 13.7. The molecular weight excluding hydrogens is 407 g/mol. The normalized spacial score (nSPS) is 17.0. The van der Waals surface area contributed by atoms with Gasteiger partial charge in [0.25, 0.3) is 0 Å². The van der Waals surface area contributed by atoms with Crippen LogP contribution in [0.25, 0.3) is 0 Å². The van der Waals surface area contributed by atoms with E-state index in [4.69, 9.17) is 0 Å². The number of nitrogens with zero attached hydrogens (tertiary/aromatic N) is 2. The lowest BCUT2D eigenvalue weighted by atomic mass is 9.98. The molecule has 2 amide bonds. The number of hydrogen-bond acceptors (Lipinski definition) is 4. The Balaban J connectivity index is 1.44. The standard InChI is InChI=1S/C25H31FN4O2/c1-17-6-8-20(15-21(17)26)28-25(32)24(31)27-16-23(30-11-4-3-5-12-30)18-7-9-22-19(14-18)10-13-29(22)2/h6-9,14-15,23H,3-5,10-13,16H2,1-2H3,(H,27,31)(H,28,32)/t23-/m0/s1. The zero-order valence-electron chi connectivity index (χ0n) is 18.8. The van der Waals surface area contributed by atoms with Gasteiger partial charge in [-0.3, -0.25) is 14.5 Å². The van der Waals surface area contributed by atoms with Gasteiger partial charge in [-0.1, -0.05) is 24.6 Å². The summed E-state index contributed by atoms with van der Waals surface area (Å²) in [5, 5.41) is 5.29. The van der Waals surface area contributed by atoms with Crippen LogP contribution in [-0.2, 0) is 16.0 Å². The van der Waals surface area contributed by atoms with Crippen LogP contribution < -0.4 is 15.5 Å². The number of carbonyl (C=O) groups excluding carboxylic acids is 2. The lowest BCUT2D eigenvalue weighted by Crippen LogP contribution is -2.43. The first-order chi connectivity index (χ1) is 15.4. The molecule has 0 radical (unpaired) electrons. The van der Waals surface area contributed by atoms with E-state index in [0.29, 0.717) is 12.1 Å². The van der Waals surface area contributed by atoms with E-state index in [1.807, 2.05) is 0 Å². The molecule has 4 rings (SSSR count). The van der Waals surface area contributed by atoms with Crippen LogP contribution in [-0.4, -0.2) is 49.9 Å². The number of aryl methyl sites for hydroxylation is 1. The number of rotatable bonds is 5. The van der Waals surface area contributed by atoms with E-state index in [9.17, 15) is 14.0 Å². The van der Waals surface area contributed by atoms with Crippen molar-refractivity contribution in [1.29, 1.82) is 0 Å². The largest absolute Gasteiger partial charge is 0.374 e. The fourth-order valence-electron chi connectivity index (χ4n) is 4.61. The summed E-state index contributed by atoms with van der Waals surface area (Å²) in [6.07, 6.45) is 4.52. The van der Waals surface area contributed by atoms with Crippen LogP contribution in [0.1, 0.15) is 42.0 Å². The van der Waals surface area contributed by atoms with Crippen LogP contribution in [0.3, 0.4) is 0 Å². The Morgan fingerprint density at radius 2 is 1.81 bits per heavy atom. The predicted molar refractivity (Wildman–Crippen MR) is 124 cm³/mol. The number of fused-ring (bicyclic) bond motifs is 1. The van der Waals surface area contributed by atoms with Crippen molar-refractivity contribution in [3.8, 4) is 0 Å². The second kappa shape index (κ2) is 9.69. The molecule has 1 saturated heterocycles. The highest BCUT2D eigenvalue weighted by molar-refractivity contribution is 6.39. The molecule has 2 aliphatic heterocycles. The molecule has 2 N–H and O–H groups in total. The fourth-order valence-corrected chi connectivity index (χ4v) is 4.61. The van der Waals surface area contributed by atoms with Gasteiger partial charge in [-0.15, -0.1) is 0 Å². The highest BCUT2D eigenvalue weighted by Crippen LogP contribution is 2.32. The molecule has 2 aromatic carbocycles. The minimum atomic E-state index is -0.791. The van der Waals surface area contributed by atoms with Gasteiger partial charge in [-0.05, 0) is 74.2 Å². The summed E-state index contributed by atoms with van der Waals surface area (Å²) >= 11 is 0. The number of likely N-dealkylation sites (tertiary alicyclic amines) is 1. The number of amides is 2. The lowest BCUT2D eigenvalue weighted by molar-refractivity contribution is -0.136. The quantitative estimate of drug-likeness (QED) is 0.703. The van der Waals surface area contributed by atoms with Crippen LogP contribution in [0.2, 0.25) is 0 Å². The molecule has 2 aromatic rings. The van der Waals surface area contributed by atoms with Crippen molar-refractivity contribution in [3.05, 3.63) is 58.9 Å². The minimum Gasteiger partial charge on any atom is -0.374 e. The van der Waals surface area contributed by atoms with Gasteiger partial charge in [0.05, 0.1) is 6.04 Å². The molecule has 0 aliphatic carbocycles. The summed E-state index contributed by atoms with van der Waals surface area (Å²) in [5.41, 5.74) is 4.51. The number of nitrogens with one attached hydrogen (secondary N) is 2. The highest BCUT2D eigenvalue weighted by Gasteiger charge is 2.26. The highest BCUT2D eigenvalue weighted by atomic mass is 19.1. The summed E-state index contributed by atoms with van der Waals surface area (Å²) in [7, 11) is 2.10. The van der Waals surface area contributed by atoms with Gasteiger partial charge in [-0.25, -0.2) is 4.39 Å². The smallest absolute Gasteiger partial charge is 0.313 e. The maximum absolute atomic E-state index is 13.7. The summed E-state index contributed by atoms with van der Waals surface area (Å²) in [6.45, 7) is 4.97. The SMILES string of the molecule is Cc1ccc(NC(=O)C(=O)NC[C@@H](c2ccc3c(c2)CCN3C)N2CCCCC2)cc1F. The maximum atomic E-state index is 13.7. The Kier molecular flexibility index (Phi) is 6.74. The molecule has 2 aliphatic rings. The van der Waals surface area contributed by atoms with Gasteiger partial charge in [0.15, 0.2) is 0 Å². The molecule has 0 spiro atoms. The number of benzene rings is 2. The number of piperidine rings is 1. The second-order valence-electron chi connectivity index (χ2n) is 8.80. The van der Waals surface area contributed by atoms with Crippen LogP contribution >= 0.6 is 0 Å². The van der Waals surface area contributed by atoms with Gasteiger partial charge in [0, 0.05) is 31.5 Å². The molecule has 0 bridgehead atoms. The Labute approximate surface area is 188 Å². The molecule has 0 aromatic heterocycles. The molecule has 7 heteroatoms. The molecule has 0 saturated carbocycles. The third-order valence-corrected chi connectivity index (χ3v) is 6.54. The maximum Gasteiger partial charge on any atom is 0.313 e. The summed E-state index contributed by atoms with van der Waals surface area (Å²) in [6, 6.07) is 10.9. The average Bonchev–Trinajstić information content (AvgIpc) is 3.17. The molecule has 1 fully saturated rings. The lowest BCUT2D eigenvalue weighted by Gasteiger charge is -2.35. The molecule has 32 heavy (non-hydrogen) atoms. The number of hydrogen-bond donors (Lipinski definition) is 2. The van der Waals surface area contributed by atoms with Crippen LogP contribution in [0, 0.1) is 12.7 Å². The van der Waals surface area contributed by atoms with E-state index in [2.05, 4.69) is 45.7 Å².